The molecule has 3 atom stereocenters. The van der Waals surface area contributed by atoms with Crippen LogP contribution in [0, 0.1) is 5.92 Å². The van der Waals surface area contributed by atoms with Crippen LogP contribution in [-0.4, -0.2) is 63.3 Å². The Morgan fingerprint density at radius 3 is 2.28 bits per heavy atom. The molecule has 0 aliphatic carbocycles. The van der Waals surface area contributed by atoms with E-state index in [2.05, 4.69) is 0 Å². The Hall–Kier alpha value is -3.24. The molecule has 0 spiro atoms. The topological polar surface area (TPSA) is 104 Å². The van der Waals surface area contributed by atoms with Crippen LogP contribution in [0.1, 0.15) is 25.5 Å². The molecule has 36 heavy (non-hydrogen) atoms. The van der Waals surface area contributed by atoms with E-state index in [0.717, 1.165) is 4.90 Å². The number of rotatable bonds is 10. The van der Waals surface area contributed by atoms with Crippen molar-refractivity contribution in [2.24, 2.45) is 5.92 Å². The number of phenolic OH excluding ortho intramolecular Hbond substituents is 1. The van der Waals surface area contributed by atoms with Gasteiger partial charge in [0.1, 0.15) is 12.7 Å². The Balaban J connectivity index is 2.16. The van der Waals surface area contributed by atoms with E-state index in [0.29, 0.717) is 17.1 Å². The second-order valence-electron chi connectivity index (χ2n) is 9.87. The number of ether oxygens (including phenoxy) is 4. The fourth-order valence-corrected chi connectivity index (χ4v) is 4.99. The standard InChI is InChI=1S/C26H35NO8Si/c1-16(2)18-15-33-26(30)27(18)25(29)24(34-21-11-9-8-10-20(21)31-3)23(35-36(5,6)7)17-12-13-19(28)22(14-17)32-4/h8-14,16,18,23-24,28H,15H2,1-7H3/t18-,23-,24-/m1/s1. The van der Waals surface area contributed by atoms with E-state index in [-0.39, 0.29) is 24.0 Å². The van der Waals surface area contributed by atoms with Crippen LogP contribution < -0.4 is 14.2 Å². The van der Waals surface area contributed by atoms with Crippen molar-refractivity contribution < 1.29 is 38.1 Å². The molecule has 0 bridgehead atoms. The molecule has 3 rings (SSSR count). The summed E-state index contributed by atoms with van der Waals surface area (Å²) < 4.78 is 28.8. The highest BCUT2D eigenvalue weighted by atomic mass is 28.4. The molecular formula is C26H35NO8Si. The third-order valence-electron chi connectivity index (χ3n) is 5.77. The second-order valence-corrected chi connectivity index (χ2v) is 14.3. The fraction of sp³-hybridized carbons (Fsp3) is 0.462. The van der Waals surface area contributed by atoms with E-state index >= 15 is 0 Å². The lowest BCUT2D eigenvalue weighted by molar-refractivity contribution is -0.142. The van der Waals surface area contributed by atoms with Crippen molar-refractivity contribution in [3.63, 3.8) is 0 Å². The Morgan fingerprint density at radius 1 is 1.06 bits per heavy atom. The third kappa shape index (κ3) is 6.11. The molecule has 1 aliphatic heterocycles. The molecule has 1 N–H and O–H groups in total. The number of nitrogens with zero attached hydrogens (tertiary/aromatic N) is 1. The summed E-state index contributed by atoms with van der Waals surface area (Å²) in [6.07, 6.45) is -2.92. The molecule has 0 aromatic heterocycles. The zero-order chi connectivity index (χ0) is 26.6. The average molecular weight is 518 g/mol. The first kappa shape index (κ1) is 27.3. The molecule has 1 saturated heterocycles. The van der Waals surface area contributed by atoms with E-state index in [1.165, 1.54) is 20.3 Å². The van der Waals surface area contributed by atoms with Gasteiger partial charge < -0.3 is 28.5 Å². The van der Waals surface area contributed by atoms with Crippen LogP contribution in [0.3, 0.4) is 0 Å². The highest BCUT2D eigenvalue weighted by molar-refractivity contribution is 6.69. The second kappa shape index (κ2) is 11.2. The minimum atomic E-state index is -2.29. The van der Waals surface area contributed by atoms with Crippen molar-refractivity contribution >= 4 is 20.3 Å². The number of phenols is 1. The molecule has 0 radical (unpaired) electrons. The number of imide groups is 1. The summed E-state index contributed by atoms with van der Waals surface area (Å²) in [5.74, 6) is 0.303. The maximum atomic E-state index is 14.1. The van der Waals surface area contributed by atoms with Crippen molar-refractivity contribution in [3.05, 3.63) is 48.0 Å². The summed E-state index contributed by atoms with van der Waals surface area (Å²) in [4.78, 5) is 28.0. The summed E-state index contributed by atoms with van der Waals surface area (Å²) in [6, 6.07) is 11.2. The van der Waals surface area contributed by atoms with Gasteiger partial charge in [0, 0.05) is 0 Å². The zero-order valence-electron chi connectivity index (χ0n) is 21.8. The van der Waals surface area contributed by atoms with Gasteiger partial charge in [-0.25, -0.2) is 9.69 Å². The highest BCUT2D eigenvalue weighted by Gasteiger charge is 2.47. The van der Waals surface area contributed by atoms with Crippen LogP contribution in [0.15, 0.2) is 42.5 Å². The van der Waals surface area contributed by atoms with Crippen LogP contribution in [-0.2, 0) is 14.0 Å². The quantitative estimate of drug-likeness (QED) is 0.450. The van der Waals surface area contributed by atoms with E-state index in [4.69, 9.17) is 23.4 Å². The number of aromatic hydroxyl groups is 1. The molecule has 2 aromatic carbocycles. The van der Waals surface area contributed by atoms with Gasteiger partial charge >= 0.3 is 6.09 Å². The summed E-state index contributed by atoms with van der Waals surface area (Å²) in [5.41, 5.74) is 0.550. The van der Waals surface area contributed by atoms with Crippen LogP contribution >= 0.6 is 0 Å². The third-order valence-corrected chi connectivity index (χ3v) is 6.73. The van der Waals surface area contributed by atoms with Crippen molar-refractivity contribution in [3.8, 4) is 23.0 Å². The number of amides is 2. The lowest BCUT2D eigenvalue weighted by atomic mass is 10.00. The maximum Gasteiger partial charge on any atom is 0.417 e. The lowest BCUT2D eigenvalue weighted by Gasteiger charge is -2.35. The van der Waals surface area contributed by atoms with Crippen molar-refractivity contribution in [1.82, 2.24) is 4.90 Å². The van der Waals surface area contributed by atoms with Gasteiger partial charge in [-0.1, -0.05) is 32.0 Å². The molecule has 9 nitrogen and oxygen atoms in total. The van der Waals surface area contributed by atoms with Gasteiger partial charge in [-0.2, -0.15) is 0 Å². The van der Waals surface area contributed by atoms with E-state index < -0.39 is 38.6 Å². The molecule has 2 amide bonds. The van der Waals surface area contributed by atoms with E-state index in [9.17, 15) is 14.7 Å². The van der Waals surface area contributed by atoms with Gasteiger partial charge in [0.25, 0.3) is 5.91 Å². The molecular weight excluding hydrogens is 482 g/mol. The largest absolute Gasteiger partial charge is 0.504 e. The first-order valence-corrected chi connectivity index (χ1v) is 15.2. The van der Waals surface area contributed by atoms with Gasteiger partial charge in [-0.15, -0.1) is 0 Å². The smallest absolute Gasteiger partial charge is 0.417 e. The van der Waals surface area contributed by atoms with Crippen molar-refractivity contribution in [2.45, 2.75) is 51.7 Å². The molecule has 1 fully saturated rings. The number of carbonyl (C=O) groups is 2. The summed E-state index contributed by atoms with van der Waals surface area (Å²) in [6.45, 7) is 9.92. The number of cyclic esters (lactones) is 1. The van der Waals surface area contributed by atoms with Gasteiger partial charge in [-0.05, 0) is 55.4 Å². The summed E-state index contributed by atoms with van der Waals surface area (Å²) in [5, 5.41) is 10.2. The number of benzene rings is 2. The zero-order valence-corrected chi connectivity index (χ0v) is 22.8. The number of methoxy groups -OCH3 is 2. The maximum absolute atomic E-state index is 14.1. The Morgan fingerprint density at radius 2 is 1.69 bits per heavy atom. The van der Waals surface area contributed by atoms with E-state index in [1.807, 2.05) is 33.5 Å². The number of carbonyl (C=O) groups excluding carboxylic acids is 2. The Labute approximate surface area is 213 Å². The Bertz CT molecular complexity index is 1080. The molecule has 10 heteroatoms. The highest BCUT2D eigenvalue weighted by Crippen LogP contribution is 2.38. The summed E-state index contributed by atoms with van der Waals surface area (Å²) >= 11 is 0. The fourth-order valence-electron chi connectivity index (χ4n) is 3.97. The molecule has 2 aromatic rings. The van der Waals surface area contributed by atoms with Crippen LogP contribution in [0.2, 0.25) is 19.6 Å². The number of hydrogen-bond acceptors (Lipinski definition) is 8. The van der Waals surface area contributed by atoms with Crippen LogP contribution in [0.5, 0.6) is 23.0 Å². The summed E-state index contributed by atoms with van der Waals surface area (Å²) in [7, 11) is 0.657. The number of hydrogen-bond donors (Lipinski definition) is 1. The predicted octanol–water partition coefficient (Wildman–Crippen LogP) is 4.75. The SMILES string of the molecule is COc1cc([C@@H](O[Si](C)(C)C)[C@@H](Oc2ccccc2OC)C(=O)N2C(=O)OC[C@@H]2C(C)C)ccc1O. The van der Waals surface area contributed by atoms with Gasteiger partial charge in [0.05, 0.1) is 20.3 Å². The Kier molecular flexibility index (Phi) is 8.52. The van der Waals surface area contributed by atoms with E-state index in [1.54, 1.807) is 36.4 Å². The van der Waals surface area contributed by atoms with Gasteiger partial charge in [0.15, 0.2) is 31.3 Å². The minimum absolute atomic E-state index is 0.0302. The molecule has 1 aliphatic rings. The average Bonchev–Trinajstić information content (AvgIpc) is 3.22. The first-order valence-electron chi connectivity index (χ1n) is 11.8. The lowest BCUT2D eigenvalue weighted by Crippen LogP contribution is -2.51. The first-order chi connectivity index (χ1) is 17.0. The predicted molar refractivity (Wildman–Crippen MR) is 136 cm³/mol. The van der Waals surface area contributed by atoms with Gasteiger partial charge in [0.2, 0.25) is 6.10 Å². The van der Waals surface area contributed by atoms with Crippen LogP contribution in [0.4, 0.5) is 4.79 Å². The molecule has 1 heterocycles. The monoisotopic (exact) mass is 517 g/mol. The molecule has 196 valence electrons. The molecule has 0 unspecified atom stereocenters. The normalized spacial score (nSPS) is 17.5. The number of para-hydroxylation sites is 2. The van der Waals surface area contributed by atoms with Gasteiger partial charge in [-0.3, -0.25) is 4.79 Å². The van der Waals surface area contributed by atoms with Crippen molar-refractivity contribution in [1.29, 1.82) is 0 Å². The molecule has 0 saturated carbocycles. The van der Waals surface area contributed by atoms with Crippen molar-refractivity contribution in [2.75, 3.05) is 20.8 Å². The van der Waals surface area contributed by atoms with Crippen LogP contribution in [0.25, 0.3) is 0 Å². The minimum Gasteiger partial charge on any atom is -0.504 e.